The van der Waals surface area contributed by atoms with Crippen LogP contribution in [-0.2, 0) is 10.0 Å². The Morgan fingerprint density at radius 3 is 2.52 bits per heavy atom. The Hall–Kier alpha value is -2.20. The van der Waals surface area contributed by atoms with Crippen molar-refractivity contribution >= 4 is 10.0 Å². The average Bonchev–Trinajstić information content (AvgIpc) is 3.07. The van der Waals surface area contributed by atoms with Gasteiger partial charge in [0.25, 0.3) is 0 Å². The number of sulfonamides is 1. The van der Waals surface area contributed by atoms with E-state index in [4.69, 9.17) is 5.73 Å². The molecule has 0 spiro atoms. The minimum Gasteiger partial charge on any atom is -0.330 e. The lowest BCUT2D eigenvalue weighted by atomic mass is 9.89. The summed E-state index contributed by atoms with van der Waals surface area (Å²) < 4.78 is 27.7. The van der Waals surface area contributed by atoms with E-state index < -0.39 is 10.0 Å². The van der Waals surface area contributed by atoms with Gasteiger partial charge in [0.1, 0.15) is 11.0 Å². The monoisotopic (exact) mass is 355 g/mol. The van der Waals surface area contributed by atoms with Crippen molar-refractivity contribution in [2.75, 3.05) is 19.6 Å². The summed E-state index contributed by atoms with van der Waals surface area (Å²) in [6.07, 6.45) is 0. The average molecular weight is 355 g/mol. The molecule has 2 atom stereocenters. The summed E-state index contributed by atoms with van der Waals surface area (Å²) in [5.74, 6) is 0.129. The Morgan fingerprint density at radius 1 is 1.16 bits per heavy atom. The van der Waals surface area contributed by atoms with Crippen LogP contribution in [0.15, 0.2) is 53.4 Å². The molecule has 1 fully saturated rings. The van der Waals surface area contributed by atoms with E-state index in [1.807, 2.05) is 36.4 Å². The van der Waals surface area contributed by atoms with Crippen LogP contribution in [0.3, 0.4) is 0 Å². The summed E-state index contributed by atoms with van der Waals surface area (Å²) in [7, 11) is -3.73. The van der Waals surface area contributed by atoms with Crippen LogP contribution >= 0.6 is 0 Å². The van der Waals surface area contributed by atoms with Crippen molar-refractivity contribution in [3.05, 3.63) is 65.2 Å². The lowest BCUT2D eigenvalue weighted by Crippen LogP contribution is -2.30. The molecule has 0 unspecified atom stereocenters. The molecular weight excluding hydrogens is 334 g/mol. The molecule has 0 aromatic heterocycles. The summed E-state index contributed by atoms with van der Waals surface area (Å²) in [4.78, 5) is 0.0829. The fourth-order valence-electron chi connectivity index (χ4n) is 3.48. The van der Waals surface area contributed by atoms with Crippen LogP contribution in [-0.4, -0.2) is 32.4 Å². The maximum atomic E-state index is 13.1. The Balaban J connectivity index is 1.97. The molecule has 0 radical (unpaired) electrons. The maximum absolute atomic E-state index is 13.1. The van der Waals surface area contributed by atoms with Crippen LogP contribution in [0.5, 0.6) is 0 Å². The van der Waals surface area contributed by atoms with Crippen molar-refractivity contribution in [3.8, 4) is 6.07 Å². The van der Waals surface area contributed by atoms with Gasteiger partial charge in [-0.05, 0) is 36.6 Å². The first-order valence-electron chi connectivity index (χ1n) is 8.24. The topological polar surface area (TPSA) is 87.2 Å². The normalized spacial score (nSPS) is 21.2. The number of benzene rings is 2. The molecule has 2 N–H and O–H groups in total. The van der Waals surface area contributed by atoms with Gasteiger partial charge in [-0.2, -0.15) is 9.57 Å². The van der Waals surface area contributed by atoms with Gasteiger partial charge in [0.2, 0.25) is 10.0 Å². The van der Waals surface area contributed by atoms with E-state index in [2.05, 4.69) is 0 Å². The molecule has 0 amide bonds. The second kappa shape index (κ2) is 6.96. The van der Waals surface area contributed by atoms with E-state index in [1.165, 1.54) is 10.4 Å². The van der Waals surface area contributed by atoms with Crippen molar-refractivity contribution in [1.82, 2.24) is 4.31 Å². The summed E-state index contributed by atoms with van der Waals surface area (Å²) in [6, 6.07) is 16.8. The summed E-state index contributed by atoms with van der Waals surface area (Å²) in [5.41, 5.74) is 7.89. The fraction of sp³-hybridized carbons (Fsp3) is 0.316. The van der Waals surface area contributed by atoms with Gasteiger partial charge in [-0.3, -0.25) is 0 Å². The summed E-state index contributed by atoms with van der Waals surface area (Å²) in [6.45, 7) is 2.92. The SMILES string of the molecule is Cc1cccc(S(=O)(=O)N2C[C@@H](CN)[C@H](c3ccccc3)C2)c1C#N. The Bertz CT molecular complexity index is 904. The van der Waals surface area contributed by atoms with E-state index in [1.54, 1.807) is 19.1 Å². The minimum atomic E-state index is -3.73. The van der Waals surface area contributed by atoms with E-state index in [-0.39, 0.29) is 22.3 Å². The summed E-state index contributed by atoms with van der Waals surface area (Å²) in [5, 5.41) is 9.38. The molecule has 2 aromatic carbocycles. The number of nitrogens with two attached hydrogens (primary N) is 1. The molecule has 130 valence electrons. The Kier molecular flexibility index (Phi) is 4.91. The van der Waals surface area contributed by atoms with Gasteiger partial charge >= 0.3 is 0 Å². The van der Waals surface area contributed by atoms with Gasteiger partial charge < -0.3 is 5.73 Å². The third-order valence-electron chi connectivity index (χ3n) is 4.90. The van der Waals surface area contributed by atoms with Crippen LogP contribution < -0.4 is 5.73 Å². The predicted molar refractivity (Wildman–Crippen MR) is 96.4 cm³/mol. The number of hydrogen-bond donors (Lipinski definition) is 1. The lowest BCUT2D eigenvalue weighted by Gasteiger charge is -2.18. The largest absolute Gasteiger partial charge is 0.330 e. The molecule has 5 nitrogen and oxygen atoms in total. The van der Waals surface area contributed by atoms with Crippen molar-refractivity contribution in [2.45, 2.75) is 17.7 Å². The van der Waals surface area contributed by atoms with Crippen molar-refractivity contribution in [3.63, 3.8) is 0 Å². The molecular formula is C19H21N3O2S. The summed E-state index contributed by atoms with van der Waals surface area (Å²) >= 11 is 0. The standard InChI is InChI=1S/C19H21N3O2S/c1-14-6-5-9-19(17(14)11-21)25(23,24)22-12-16(10-20)18(13-22)15-7-3-2-4-8-15/h2-9,16,18H,10,12-13,20H2,1H3/t16-,18+/m1/s1. The van der Waals surface area contributed by atoms with Crippen LogP contribution in [0.4, 0.5) is 0 Å². The zero-order valence-electron chi connectivity index (χ0n) is 14.1. The predicted octanol–water partition coefficient (Wildman–Crippen LogP) is 2.23. The van der Waals surface area contributed by atoms with Crippen molar-refractivity contribution < 1.29 is 8.42 Å². The van der Waals surface area contributed by atoms with E-state index >= 15 is 0 Å². The number of aryl methyl sites for hydroxylation is 1. The number of hydrogen-bond acceptors (Lipinski definition) is 4. The Labute approximate surface area is 148 Å². The molecule has 2 aromatic rings. The van der Waals surface area contributed by atoms with Gasteiger partial charge in [-0.1, -0.05) is 42.5 Å². The third-order valence-corrected chi connectivity index (χ3v) is 6.78. The molecule has 6 heteroatoms. The first kappa shape index (κ1) is 17.6. The fourth-order valence-corrected chi connectivity index (χ4v) is 5.22. The van der Waals surface area contributed by atoms with E-state index in [0.29, 0.717) is 25.2 Å². The molecule has 3 rings (SSSR count). The van der Waals surface area contributed by atoms with Crippen LogP contribution in [0, 0.1) is 24.2 Å². The molecule has 1 heterocycles. The lowest BCUT2D eigenvalue weighted by molar-refractivity contribution is 0.458. The van der Waals surface area contributed by atoms with Crippen LogP contribution in [0.25, 0.3) is 0 Å². The molecule has 1 aliphatic rings. The van der Waals surface area contributed by atoms with E-state index in [9.17, 15) is 13.7 Å². The van der Waals surface area contributed by atoms with Crippen LogP contribution in [0.1, 0.15) is 22.6 Å². The van der Waals surface area contributed by atoms with Crippen molar-refractivity contribution in [1.29, 1.82) is 5.26 Å². The van der Waals surface area contributed by atoms with Crippen LogP contribution in [0.2, 0.25) is 0 Å². The molecule has 1 saturated heterocycles. The molecule has 25 heavy (non-hydrogen) atoms. The zero-order valence-corrected chi connectivity index (χ0v) is 14.9. The molecule has 0 saturated carbocycles. The second-order valence-corrected chi connectivity index (χ2v) is 8.30. The Morgan fingerprint density at radius 2 is 1.88 bits per heavy atom. The molecule has 1 aliphatic heterocycles. The van der Waals surface area contributed by atoms with Gasteiger partial charge in [-0.15, -0.1) is 0 Å². The first-order valence-corrected chi connectivity index (χ1v) is 9.68. The smallest absolute Gasteiger partial charge is 0.244 e. The number of nitrogens with zero attached hydrogens (tertiary/aromatic N) is 2. The minimum absolute atomic E-state index is 0.0625. The number of nitriles is 1. The molecule has 0 bridgehead atoms. The highest BCUT2D eigenvalue weighted by atomic mass is 32.2. The zero-order chi connectivity index (χ0) is 18.0. The van der Waals surface area contributed by atoms with E-state index in [0.717, 1.165) is 5.56 Å². The molecule has 0 aliphatic carbocycles. The second-order valence-electron chi connectivity index (χ2n) is 6.39. The van der Waals surface area contributed by atoms with Crippen molar-refractivity contribution in [2.24, 2.45) is 11.7 Å². The maximum Gasteiger partial charge on any atom is 0.244 e. The highest BCUT2D eigenvalue weighted by Gasteiger charge is 2.40. The van der Waals surface area contributed by atoms with Gasteiger partial charge in [-0.25, -0.2) is 8.42 Å². The first-order chi connectivity index (χ1) is 12.0. The number of rotatable bonds is 4. The van der Waals surface area contributed by atoms with Gasteiger partial charge in [0, 0.05) is 19.0 Å². The van der Waals surface area contributed by atoms with Gasteiger partial charge in [0.05, 0.1) is 5.56 Å². The highest BCUT2D eigenvalue weighted by Crippen LogP contribution is 2.35. The van der Waals surface area contributed by atoms with Gasteiger partial charge in [0.15, 0.2) is 0 Å². The quantitative estimate of drug-likeness (QED) is 0.911. The highest BCUT2D eigenvalue weighted by molar-refractivity contribution is 7.89. The third kappa shape index (κ3) is 3.19.